The molecule has 0 bridgehead atoms. The predicted octanol–water partition coefficient (Wildman–Crippen LogP) is 5.28. The Bertz CT molecular complexity index is 1120. The van der Waals surface area contributed by atoms with Gasteiger partial charge in [0.25, 0.3) is 0 Å². The van der Waals surface area contributed by atoms with Crippen LogP contribution in [0.3, 0.4) is 0 Å². The van der Waals surface area contributed by atoms with Crippen molar-refractivity contribution in [2.24, 2.45) is 0 Å². The molecule has 0 N–H and O–H groups in total. The Morgan fingerprint density at radius 1 is 1.17 bits per heavy atom. The first-order valence-corrected chi connectivity index (χ1v) is 13.0. The van der Waals surface area contributed by atoms with Crippen LogP contribution in [-0.4, -0.2) is 67.9 Å². The number of aryl methyl sites for hydroxylation is 1. The summed E-state index contributed by atoms with van der Waals surface area (Å²) in [6, 6.07) is 14.5. The summed E-state index contributed by atoms with van der Waals surface area (Å²) < 4.78 is 14.7. The standard InChI is InChI=1S/C15H18N2O2.C13H20N2OS/c1-11(2)15-13(10-18)9-17(16-15)8-12-5-4-6-14(7-12)19-3;1-11-4-5-12(14(2)3)10-13(11)17-15-6-8-16-9-7-15/h4-7,9-11H,8H2,1-3H3;4-5,10H,6-9H2,1-3H3. The number of aromatic nitrogens is 2. The van der Waals surface area contributed by atoms with Crippen LogP contribution < -0.4 is 9.64 Å². The third-order valence-corrected chi connectivity index (χ3v) is 7.12. The number of aldehydes is 1. The highest BCUT2D eigenvalue weighted by Crippen LogP contribution is 2.30. The predicted molar refractivity (Wildman–Crippen MR) is 148 cm³/mol. The summed E-state index contributed by atoms with van der Waals surface area (Å²) in [7, 11) is 5.80. The molecule has 1 aromatic heterocycles. The molecule has 4 rings (SSSR count). The van der Waals surface area contributed by atoms with Crippen molar-refractivity contribution in [3.05, 3.63) is 71.0 Å². The highest BCUT2D eigenvalue weighted by molar-refractivity contribution is 7.97. The third-order valence-electron chi connectivity index (χ3n) is 5.86. The van der Waals surface area contributed by atoms with Crippen molar-refractivity contribution in [2.75, 3.05) is 52.4 Å². The lowest BCUT2D eigenvalue weighted by Crippen LogP contribution is -2.31. The normalized spacial score (nSPS) is 13.8. The van der Waals surface area contributed by atoms with Gasteiger partial charge in [-0.1, -0.05) is 32.0 Å². The Balaban J connectivity index is 0.000000202. The van der Waals surface area contributed by atoms with Gasteiger partial charge in [-0.2, -0.15) is 5.10 Å². The monoisotopic (exact) mass is 510 g/mol. The fourth-order valence-electron chi connectivity index (χ4n) is 3.77. The van der Waals surface area contributed by atoms with E-state index in [0.717, 1.165) is 49.6 Å². The smallest absolute Gasteiger partial charge is 0.153 e. The molecular weight excluding hydrogens is 472 g/mol. The summed E-state index contributed by atoms with van der Waals surface area (Å²) in [5.41, 5.74) is 5.20. The maximum absolute atomic E-state index is 11.0. The van der Waals surface area contributed by atoms with Gasteiger partial charge in [-0.25, -0.2) is 4.31 Å². The molecule has 2 heterocycles. The van der Waals surface area contributed by atoms with Gasteiger partial charge in [-0.05, 0) is 60.2 Å². The van der Waals surface area contributed by atoms with E-state index in [0.29, 0.717) is 12.1 Å². The van der Waals surface area contributed by atoms with Gasteiger partial charge in [0.1, 0.15) is 5.75 Å². The zero-order valence-corrected chi connectivity index (χ0v) is 23.0. The minimum atomic E-state index is 0.242. The van der Waals surface area contributed by atoms with Crippen molar-refractivity contribution < 1.29 is 14.3 Å². The summed E-state index contributed by atoms with van der Waals surface area (Å²) in [4.78, 5) is 14.5. The lowest BCUT2D eigenvalue weighted by molar-refractivity contribution is 0.0773. The fraction of sp³-hybridized carbons (Fsp3) is 0.429. The molecule has 0 amide bonds. The molecule has 2 aromatic carbocycles. The van der Waals surface area contributed by atoms with Gasteiger partial charge in [0.05, 0.1) is 38.1 Å². The minimum Gasteiger partial charge on any atom is -0.497 e. The van der Waals surface area contributed by atoms with E-state index in [1.165, 1.54) is 16.1 Å². The summed E-state index contributed by atoms with van der Waals surface area (Å²) >= 11 is 1.85. The van der Waals surface area contributed by atoms with E-state index in [1.54, 1.807) is 18.0 Å². The van der Waals surface area contributed by atoms with Crippen LogP contribution in [0.4, 0.5) is 5.69 Å². The summed E-state index contributed by atoms with van der Waals surface area (Å²) in [6.07, 6.45) is 2.66. The first-order valence-electron chi connectivity index (χ1n) is 12.2. The van der Waals surface area contributed by atoms with E-state index in [9.17, 15) is 4.79 Å². The van der Waals surface area contributed by atoms with Crippen molar-refractivity contribution in [2.45, 2.75) is 38.1 Å². The zero-order chi connectivity index (χ0) is 26.1. The first kappa shape index (κ1) is 27.8. The van der Waals surface area contributed by atoms with Gasteiger partial charge in [-0.3, -0.25) is 9.48 Å². The molecular formula is C28H38N4O3S. The van der Waals surface area contributed by atoms with E-state index < -0.39 is 0 Å². The molecule has 0 atom stereocenters. The van der Waals surface area contributed by atoms with Crippen LogP contribution in [0.5, 0.6) is 5.75 Å². The van der Waals surface area contributed by atoms with Gasteiger partial charge in [0, 0.05) is 44.0 Å². The fourth-order valence-corrected chi connectivity index (χ4v) is 4.77. The number of morpholine rings is 1. The molecule has 0 spiro atoms. The third kappa shape index (κ3) is 7.85. The number of ether oxygens (including phenoxy) is 2. The Labute approximate surface area is 219 Å². The van der Waals surface area contributed by atoms with Gasteiger partial charge >= 0.3 is 0 Å². The molecule has 3 aromatic rings. The van der Waals surface area contributed by atoms with Crippen molar-refractivity contribution in [1.82, 2.24) is 14.1 Å². The number of hydrogen-bond donors (Lipinski definition) is 0. The van der Waals surface area contributed by atoms with E-state index in [2.05, 4.69) is 53.5 Å². The van der Waals surface area contributed by atoms with Crippen LogP contribution in [0.2, 0.25) is 0 Å². The quantitative estimate of drug-likeness (QED) is 0.302. The molecule has 194 valence electrons. The average Bonchev–Trinajstić information content (AvgIpc) is 3.29. The second-order valence-corrected chi connectivity index (χ2v) is 10.4. The first-order chi connectivity index (χ1) is 17.3. The molecule has 36 heavy (non-hydrogen) atoms. The zero-order valence-electron chi connectivity index (χ0n) is 22.2. The number of nitrogens with zero attached hydrogens (tertiary/aromatic N) is 4. The SMILES string of the molecule is COc1cccc(Cn2cc(C=O)c(C(C)C)n2)c1.Cc1ccc(N(C)C)cc1SN1CCOCC1. The number of hydrogen-bond acceptors (Lipinski definition) is 7. The van der Waals surface area contributed by atoms with Crippen LogP contribution in [-0.2, 0) is 11.3 Å². The van der Waals surface area contributed by atoms with Gasteiger partial charge < -0.3 is 14.4 Å². The van der Waals surface area contributed by atoms with Crippen molar-refractivity contribution in [3.63, 3.8) is 0 Å². The van der Waals surface area contributed by atoms with Crippen LogP contribution >= 0.6 is 11.9 Å². The average molecular weight is 511 g/mol. The minimum absolute atomic E-state index is 0.242. The summed E-state index contributed by atoms with van der Waals surface area (Å²) in [5, 5.41) is 4.48. The van der Waals surface area contributed by atoms with Crippen LogP contribution in [0, 0.1) is 6.92 Å². The Hall–Kier alpha value is -2.81. The second kappa shape index (κ2) is 13.5. The highest BCUT2D eigenvalue weighted by Gasteiger charge is 2.14. The number of anilines is 1. The number of carbonyl (C=O) groups excluding carboxylic acids is 1. The molecule has 0 aliphatic carbocycles. The molecule has 1 saturated heterocycles. The van der Waals surface area contributed by atoms with E-state index in [4.69, 9.17) is 9.47 Å². The Morgan fingerprint density at radius 3 is 2.53 bits per heavy atom. The van der Waals surface area contributed by atoms with Gasteiger partial charge in [-0.15, -0.1) is 0 Å². The van der Waals surface area contributed by atoms with E-state index >= 15 is 0 Å². The number of carbonyl (C=O) groups is 1. The molecule has 1 aliphatic heterocycles. The highest BCUT2D eigenvalue weighted by atomic mass is 32.2. The molecule has 0 saturated carbocycles. The topological polar surface area (TPSA) is 59.8 Å². The van der Waals surface area contributed by atoms with E-state index in [-0.39, 0.29) is 5.92 Å². The summed E-state index contributed by atoms with van der Waals surface area (Å²) in [6.45, 7) is 10.6. The van der Waals surface area contributed by atoms with Crippen molar-refractivity contribution in [3.8, 4) is 5.75 Å². The van der Waals surface area contributed by atoms with Crippen LogP contribution in [0.25, 0.3) is 0 Å². The van der Waals surface area contributed by atoms with Gasteiger partial charge in [0.15, 0.2) is 6.29 Å². The molecule has 0 radical (unpaired) electrons. The molecule has 1 aliphatic rings. The molecule has 8 heteroatoms. The van der Waals surface area contributed by atoms with E-state index in [1.807, 2.05) is 50.1 Å². The molecule has 0 unspecified atom stereocenters. The maximum atomic E-state index is 11.0. The van der Waals surface area contributed by atoms with Crippen LogP contribution in [0.15, 0.2) is 53.6 Å². The lowest BCUT2D eigenvalue weighted by atomic mass is 10.1. The molecule has 1 fully saturated rings. The Kier molecular flexibility index (Phi) is 10.4. The summed E-state index contributed by atoms with van der Waals surface area (Å²) in [5.74, 6) is 1.07. The number of benzene rings is 2. The number of rotatable bonds is 8. The maximum Gasteiger partial charge on any atom is 0.153 e. The largest absolute Gasteiger partial charge is 0.497 e. The Morgan fingerprint density at radius 2 is 1.92 bits per heavy atom. The van der Waals surface area contributed by atoms with Crippen molar-refractivity contribution >= 4 is 23.9 Å². The lowest BCUT2D eigenvalue weighted by Gasteiger charge is -2.26. The molecule has 7 nitrogen and oxygen atoms in total. The van der Waals surface area contributed by atoms with Crippen LogP contribution in [0.1, 0.15) is 46.9 Å². The van der Waals surface area contributed by atoms with Crippen molar-refractivity contribution in [1.29, 1.82) is 0 Å². The van der Waals surface area contributed by atoms with Gasteiger partial charge in [0.2, 0.25) is 0 Å². The second-order valence-electron chi connectivity index (χ2n) is 9.27. The number of methoxy groups -OCH3 is 1.